The van der Waals surface area contributed by atoms with Crippen molar-refractivity contribution < 1.29 is 41.0 Å². The van der Waals surface area contributed by atoms with Crippen molar-refractivity contribution in [2.24, 2.45) is 0 Å². The van der Waals surface area contributed by atoms with E-state index in [1.54, 1.807) is 0 Å². The van der Waals surface area contributed by atoms with E-state index < -0.39 is 43.6 Å². The van der Waals surface area contributed by atoms with Gasteiger partial charge in [0.05, 0.1) is 6.54 Å². The maximum Gasteiger partial charge on any atom is 0.471 e. The Morgan fingerprint density at radius 1 is 1.33 bits per heavy atom. The summed E-state index contributed by atoms with van der Waals surface area (Å²) in [6, 6.07) is 0. The average Bonchev–Trinajstić information content (AvgIpc) is 2.43. The van der Waals surface area contributed by atoms with Gasteiger partial charge in [0.25, 0.3) is 6.43 Å². The predicted octanol–water partition coefficient (Wildman–Crippen LogP) is 1.42. The normalized spacial score (nSPS) is 22.7. The van der Waals surface area contributed by atoms with Crippen LogP contribution >= 0.6 is 0 Å². The van der Waals surface area contributed by atoms with Gasteiger partial charge in [-0.1, -0.05) is 0 Å². The van der Waals surface area contributed by atoms with E-state index in [2.05, 4.69) is 0 Å². The minimum absolute atomic E-state index is 0.129. The van der Waals surface area contributed by atoms with E-state index in [9.17, 15) is 26.7 Å². The molecule has 1 saturated heterocycles. The minimum Gasteiger partial charge on any atom is -0.365 e. The van der Waals surface area contributed by atoms with Crippen LogP contribution in [0.15, 0.2) is 0 Å². The third-order valence-corrected chi connectivity index (χ3v) is 3.25. The van der Waals surface area contributed by atoms with Gasteiger partial charge < -0.3 is 19.1 Å². The summed E-state index contributed by atoms with van der Waals surface area (Å²) in [6.07, 6.45) is -9.21. The van der Waals surface area contributed by atoms with Gasteiger partial charge in [0.2, 0.25) is 0 Å². The van der Waals surface area contributed by atoms with Gasteiger partial charge in [0.15, 0.2) is 5.79 Å². The number of likely N-dealkylation sites (tertiary alicyclic amines) is 1. The molecule has 1 rings (SSSR count). The maximum atomic E-state index is 12.4. The summed E-state index contributed by atoms with van der Waals surface area (Å²) < 4.78 is 76.7. The van der Waals surface area contributed by atoms with Crippen molar-refractivity contribution in [1.82, 2.24) is 4.90 Å². The second-order valence-corrected chi connectivity index (χ2v) is 4.43. The highest BCUT2D eigenvalue weighted by molar-refractivity contribution is 5.82. The fourth-order valence-electron chi connectivity index (χ4n) is 2.16. The summed E-state index contributed by atoms with van der Waals surface area (Å²) in [4.78, 5) is 11.7. The van der Waals surface area contributed by atoms with Crippen LogP contribution in [0.1, 0.15) is 6.42 Å². The van der Waals surface area contributed by atoms with Gasteiger partial charge in [-0.2, -0.15) is 13.2 Å². The fraction of sp³-hybridized carbons (Fsp3) is 0.909. The highest BCUT2D eigenvalue weighted by Gasteiger charge is 2.50. The average molecular weight is 321 g/mol. The standard InChI is InChI=1S/C11H16F5NO4/c1-19-10(20-2)3-4-17(9(18)11(14,15)16)5-7(10)21-6-8(12)13/h7-8H,3-6H2,1-2H3. The van der Waals surface area contributed by atoms with Crippen LogP contribution in [0.5, 0.6) is 0 Å². The SMILES string of the molecule is COC1(OC)CCN(C(=O)C(F)(F)F)CC1OCC(F)F. The highest BCUT2D eigenvalue weighted by atomic mass is 19.4. The molecule has 21 heavy (non-hydrogen) atoms. The van der Waals surface area contributed by atoms with E-state index in [0.717, 1.165) is 0 Å². The van der Waals surface area contributed by atoms with Crippen molar-refractivity contribution in [2.45, 2.75) is 30.9 Å². The lowest BCUT2D eigenvalue weighted by Gasteiger charge is -2.45. The molecule has 0 aromatic rings. The first-order chi connectivity index (χ1) is 9.66. The third kappa shape index (κ3) is 4.24. The maximum absolute atomic E-state index is 12.4. The number of alkyl halides is 5. The van der Waals surface area contributed by atoms with Crippen LogP contribution < -0.4 is 0 Å². The number of nitrogens with zero attached hydrogens (tertiary/aromatic N) is 1. The zero-order chi connectivity index (χ0) is 16.3. The molecule has 1 unspecified atom stereocenters. The monoisotopic (exact) mass is 321 g/mol. The van der Waals surface area contributed by atoms with E-state index >= 15 is 0 Å². The molecule has 5 nitrogen and oxygen atoms in total. The van der Waals surface area contributed by atoms with Crippen LogP contribution in [0, 0.1) is 0 Å². The first-order valence-electron chi connectivity index (χ1n) is 6.02. The number of hydrogen-bond donors (Lipinski definition) is 0. The van der Waals surface area contributed by atoms with Crippen LogP contribution in [-0.4, -0.2) is 69.2 Å². The van der Waals surface area contributed by atoms with Gasteiger partial charge in [-0.05, 0) is 0 Å². The molecule has 0 radical (unpaired) electrons. The fourth-order valence-corrected chi connectivity index (χ4v) is 2.16. The molecular weight excluding hydrogens is 305 g/mol. The Morgan fingerprint density at radius 3 is 2.33 bits per heavy atom. The smallest absolute Gasteiger partial charge is 0.365 e. The van der Waals surface area contributed by atoms with E-state index in [1.807, 2.05) is 0 Å². The largest absolute Gasteiger partial charge is 0.471 e. The molecule has 1 amide bonds. The molecule has 1 aliphatic rings. The number of hydrogen-bond acceptors (Lipinski definition) is 4. The third-order valence-electron chi connectivity index (χ3n) is 3.25. The summed E-state index contributed by atoms with van der Waals surface area (Å²) in [6.45, 7) is -1.82. The van der Waals surface area contributed by atoms with Crippen molar-refractivity contribution in [3.05, 3.63) is 0 Å². The van der Waals surface area contributed by atoms with Gasteiger partial charge in [0.1, 0.15) is 12.7 Å². The molecule has 0 spiro atoms. The number of rotatable bonds is 5. The lowest BCUT2D eigenvalue weighted by molar-refractivity contribution is -0.292. The van der Waals surface area contributed by atoms with Crippen molar-refractivity contribution in [1.29, 1.82) is 0 Å². The molecule has 0 bridgehead atoms. The van der Waals surface area contributed by atoms with Crippen LogP contribution in [0.2, 0.25) is 0 Å². The Bertz CT molecular complexity index is 359. The molecule has 1 atom stereocenters. The van der Waals surface area contributed by atoms with Crippen molar-refractivity contribution in [3.63, 3.8) is 0 Å². The molecule has 1 heterocycles. The topological polar surface area (TPSA) is 48.0 Å². The number of halogens is 5. The van der Waals surface area contributed by atoms with Crippen LogP contribution in [0.25, 0.3) is 0 Å². The molecule has 124 valence electrons. The molecule has 0 N–H and O–H groups in total. The first-order valence-corrected chi connectivity index (χ1v) is 6.02. The summed E-state index contributed by atoms with van der Waals surface area (Å²) in [5, 5.41) is 0. The van der Waals surface area contributed by atoms with E-state index in [-0.39, 0.29) is 13.0 Å². The zero-order valence-electron chi connectivity index (χ0n) is 11.5. The molecular formula is C11H16F5NO4. The van der Waals surface area contributed by atoms with Crippen molar-refractivity contribution >= 4 is 5.91 Å². The molecule has 0 aliphatic carbocycles. The first kappa shape index (κ1) is 18.1. The highest BCUT2D eigenvalue weighted by Crippen LogP contribution is 2.31. The van der Waals surface area contributed by atoms with Gasteiger partial charge in [0, 0.05) is 27.2 Å². The molecule has 1 fully saturated rings. The Kier molecular flexibility index (Phi) is 5.88. The Hall–Kier alpha value is -1.00. The molecule has 0 saturated carbocycles. The Morgan fingerprint density at radius 2 is 1.90 bits per heavy atom. The summed E-state index contributed by atoms with van der Waals surface area (Å²) in [5.74, 6) is -3.51. The molecule has 10 heteroatoms. The second-order valence-electron chi connectivity index (χ2n) is 4.43. The van der Waals surface area contributed by atoms with Gasteiger partial charge >= 0.3 is 12.1 Å². The summed E-state index contributed by atoms with van der Waals surface area (Å²) in [5.41, 5.74) is 0. The van der Waals surface area contributed by atoms with Crippen molar-refractivity contribution in [2.75, 3.05) is 33.9 Å². The number of carbonyl (C=O) groups is 1. The quantitative estimate of drug-likeness (QED) is 0.568. The minimum atomic E-state index is -5.03. The lowest BCUT2D eigenvalue weighted by Crippen LogP contribution is -2.61. The summed E-state index contributed by atoms with van der Waals surface area (Å²) in [7, 11) is 2.45. The van der Waals surface area contributed by atoms with E-state index in [1.165, 1.54) is 14.2 Å². The van der Waals surface area contributed by atoms with Crippen molar-refractivity contribution in [3.8, 4) is 0 Å². The Balaban J connectivity index is 2.85. The number of piperidine rings is 1. The lowest BCUT2D eigenvalue weighted by atomic mass is 9.99. The summed E-state index contributed by atoms with van der Waals surface area (Å²) >= 11 is 0. The van der Waals surface area contributed by atoms with Crippen LogP contribution in [0.4, 0.5) is 22.0 Å². The Labute approximate surface area is 117 Å². The van der Waals surface area contributed by atoms with Crippen LogP contribution in [-0.2, 0) is 19.0 Å². The molecule has 0 aromatic heterocycles. The van der Waals surface area contributed by atoms with Gasteiger partial charge in [-0.25, -0.2) is 8.78 Å². The van der Waals surface area contributed by atoms with Crippen LogP contribution in [0.3, 0.4) is 0 Å². The number of methoxy groups -OCH3 is 2. The second kappa shape index (κ2) is 6.84. The van der Waals surface area contributed by atoms with E-state index in [0.29, 0.717) is 4.90 Å². The predicted molar refractivity (Wildman–Crippen MR) is 59.7 cm³/mol. The molecule has 0 aromatic carbocycles. The number of amides is 1. The number of carbonyl (C=O) groups excluding carboxylic acids is 1. The van der Waals surface area contributed by atoms with E-state index in [4.69, 9.17) is 14.2 Å². The number of ether oxygens (including phenoxy) is 3. The van der Waals surface area contributed by atoms with Gasteiger partial charge in [-0.3, -0.25) is 4.79 Å². The molecule has 1 aliphatic heterocycles. The zero-order valence-corrected chi connectivity index (χ0v) is 11.5. The van der Waals surface area contributed by atoms with Gasteiger partial charge in [-0.15, -0.1) is 0 Å².